The fourth-order valence-corrected chi connectivity index (χ4v) is 1.95. The number of nitrogens with zero attached hydrogens (tertiary/aromatic N) is 2. The zero-order chi connectivity index (χ0) is 17.6. The van der Waals surface area contributed by atoms with Crippen LogP contribution in [-0.2, 0) is 11.3 Å². The van der Waals surface area contributed by atoms with Gasteiger partial charge in [-0.3, -0.25) is 4.99 Å². The molecule has 0 aromatic carbocycles. The first kappa shape index (κ1) is 20.2. The van der Waals surface area contributed by atoms with Crippen LogP contribution in [-0.4, -0.2) is 44.4 Å². The average Bonchev–Trinajstić information content (AvgIpc) is 2.59. The number of aliphatic imine (C=N–C) groups is 1. The number of hydrogen-bond donors (Lipinski definition) is 2. The molecule has 0 spiro atoms. The Hall–Kier alpha value is -1.82. The van der Waals surface area contributed by atoms with Gasteiger partial charge >= 0.3 is 0 Å². The molecule has 0 bridgehead atoms. The summed E-state index contributed by atoms with van der Waals surface area (Å²) in [6, 6.07) is 3.92. The number of pyridine rings is 1. The average molecular weight is 336 g/mol. The van der Waals surface area contributed by atoms with E-state index >= 15 is 0 Å². The van der Waals surface area contributed by atoms with Crippen molar-refractivity contribution in [3.05, 3.63) is 23.9 Å². The number of hydrogen-bond acceptors (Lipinski definition) is 4. The number of ether oxygens (including phenoxy) is 2. The third-order valence-corrected chi connectivity index (χ3v) is 3.34. The van der Waals surface area contributed by atoms with Gasteiger partial charge in [-0.1, -0.05) is 26.8 Å². The first-order valence-electron chi connectivity index (χ1n) is 8.76. The Balaban J connectivity index is 2.31. The van der Waals surface area contributed by atoms with Gasteiger partial charge in [-0.15, -0.1) is 0 Å². The molecule has 0 radical (unpaired) electrons. The first-order valence-corrected chi connectivity index (χ1v) is 8.76. The minimum atomic E-state index is 0.612. The molecule has 0 unspecified atom stereocenters. The second kappa shape index (κ2) is 12.6. The van der Waals surface area contributed by atoms with E-state index in [1.54, 1.807) is 13.2 Å². The topological polar surface area (TPSA) is 67.8 Å². The summed E-state index contributed by atoms with van der Waals surface area (Å²) in [6.07, 6.45) is 3.80. The second-order valence-corrected chi connectivity index (χ2v) is 5.96. The third kappa shape index (κ3) is 8.72. The van der Waals surface area contributed by atoms with Crippen LogP contribution in [0.15, 0.2) is 23.3 Å². The molecule has 1 heterocycles. The van der Waals surface area contributed by atoms with Crippen LogP contribution in [0.1, 0.15) is 39.2 Å². The van der Waals surface area contributed by atoms with E-state index in [1.807, 2.05) is 12.1 Å². The molecule has 136 valence electrons. The van der Waals surface area contributed by atoms with Gasteiger partial charge in [0.2, 0.25) is 5.88 Å². The molecule has 2 N–H and O–H groups in total. The lowest BCUT2D eigenvalue weighted by Gasteiger charge is -2.14. The highest BCUT2D eigenvalue weighted by Gasteiger charge is 2.05. The molecule has 0 fully saturated rings. The van der Waals surface area contributed by atoms with Gasteiger partial charge < -0.3 is 20.1 Å². The Bertz CT molecular complexity index is 478. The SMILES string of the molecule is CCCOc1ncccc1CNC(=NC)NCCOCCC(C)C. The molecule has 0 saturated carbocycles. The molecule has 0 aliphatic rings. The quantitative estimate of drug-likeness (QED) is 0.369. The Kier molecular flexibility index (Phi) is 10.6. The second-order valence-electron chi connectivity index (χ2n) is 5.96. The lowest BCUT2D eigenvalue weighted by molar-refractivity contribution is 0.128. The van der Waals surface area contributed by atoms with E-state index < -0.39 is 0 Å². The van der Waals surface area contributed by atoms with Crippen molar-refractivity contribution in [3.8, 4) is 5.88 Å². The predicted octanol–water partition coefficient (Wildman–Crippen LogP) is 2.60. The van der Waals surface area contributed by atoms with Crippen LogP contribution in [0.3, 0.4) is 0 Å². The monoisotopic (exact) mass is 336 g/mol. The van der Waals surface area contributed by atoms with E-state index in [1.165, 1.54) is 0 Å². The van der Waals surface area contributed by atoms with Gasteiger partial charge in [-0.25, -0.2) is 4.98 Å². The van der Waals surface area contributed by atoms with Crippen molar-refractivity contribution in [2.24, 2.45) is 10.9 Å². The lowest BCUT2D eigenvalue weighted by atomic mass is 10.1. The van der Waals surface area contributed by atoms with Gasteiger partial charge in [0.25, 0.3) is 0 Å². The molecule has 24 heavy (non-hydrogen) atoms. The molecule has 1 rings (SSSR count). The van der Waals surface area contributed by atoms with Crippen LogP contribution < -0.4 is 15.4 Å². The molecule has 1 aromatic rings. The number of nitrogens with one attached hydrogen (secondary N) is 2. The molecule has 0 aliphatic heterocycles. The fraction of sp³-hybridized carbons (Fsp3) is 0.667. The van der Waals surface area contributed by atoms with E-state index in [2.05, 4.69) is 41.4 Å². The predicted molar refractivity (Wildman–Crippen MR) is 98.5 cm³/mol. The van der Waals surface area contributed by atoms with Crippen molar-refractivity contribution in [3.63, 3.8) is 0 Å². The number of aromatic nitrogens is 1. The minimum Gasteiger partial charge on any atom is -0.477 e. The Morgan fingerprint density at radius 2 is 2.08 bits per heavy atom. The van der Waals surface area contributed by atoms with E-state index in [-0.39, 0.29) is 0 Å². The highest BCUT2D eigenvalue weighted by atomic mass is 16.5. The van der Waals surface area contributed by atoms with Crippen molar-refractivity contribution in [2.75, 3.05) is 33.4 Å². The van der Waals surface area contributed by atoms with Crippen LogP contribution in [0.2, 0.25) is 0 Å². The molecule has 6 nitrogen and oxygen atoms in total. The van der Waals surface area contributed by atoms with Gasteiger partial charge in [0.15, 0.2) is 5.96 Å². The van der Waals surface area contributed by atoms with Gasteiger partial charge in [0, 0.05) is 38.5 Å². The molecule has 0 saturated heterocycles. The highest BCUT2D eigenvalue weighted by Crippen LogP contribution is 2.14. The maximum atomic E-state index is 5.67. The Morgan fingerprint density at radius 1 is 1.25 bits per heavy atom. The van der Waals surface area contributed by atoms with E-state index in [9.17, 15) is 0 Å². The van der Waals surface area contributed by atoms with Crippen molar-refractivity contribution < 1.29 is 9.47 Å². The highest BCUT2D eigenvalue weighted by molar-refractivity contribution is 5.79. The fourth-order valence-electron chi connectivity index (χ4n) is 1.95. The number of rotatable bonds is 11. The maximum absolute atomic E-state index is 5.67. The lowest BCUT2D eigenvalue weighted by Crippen LogP contribution is -2.38. The van der Waals surface area contributed by atoms with Gasteiger partial charge in [0.05, 0.1) is 13.2 Å². The maximum Gasteiger partial charge on any atom is 0.218 e. The van der Waals surface area contributed by atoms with Crippen LogP contribution in [0.5, 0.6) is 5.88 Å². The summed E-state index contributed by atoms with van der Waals surface area (Å²) in [6.45, 7) is 9.96. The van der Waals surface area contributed by atoms with Crippen molar-refractivity contribution in [2.45, 2.75) is 40.2 Å². The van der Waals surface area contributed by atoms with Crippen molar-refractivity contribution >= 4 is 5.96 Å². The summed E-state index contributed by atoms with van der Waals surface area (Å²) < 4.78 is 11.3. The van der Waals surface area contributed by atoms with Gasteiger partial charge in [0.1, 0.15) is 0 Å². The molecular weight excluding hydrogens is 304 g/mol. The van der Waals surface area contributed by atoms with Crippen molar-refractivity contribution in [1.82, 2.24) is 15.6 Å². The Morgan fingerprint density at radius 3 is 2.79 bits per heavy atom. The summed E-state index contributed by atoms with van der Waals surface area (Å²) in [7, 11) is 1.76. The van der Waals surface area contributed by atoms with Crippen LogP contribution in [0.4, 0.5) is 0 Å². The molecular formula is C18H32N4O2. The first-order chi connectivity index (χ1) is 11.7. The minimum absolute atomic E-state index is 0.612. The summed E-state index contributed by atoms with van der Waals surface area (Å²) in [5.74, 6) is 2.10. The van der Waals surface area contributed by atoms with E-state index in [0.717, 1.165) is 37.5 Å². The summed E-state index contributed by atoms with van der Waals surface area (Å²) in [5.41, 5.74) is 1.02. The Labute approximate surface area is 146 Å². The molecule has 0 atom stereocenters. The number of guanidine groups is 1. The standard InChI is InChI=1S/C18H32N4O2/c1-5-11-24-17-16(7-6-9-20-17)14-22-18(19-4)21-10-13-23-12-8-15(2)3/h6-7,9,15H,5,8,10-14H2,1-4H3,(H2,19,21,22). The smallest absolute Gasteiger partial charge is 0.218 e. The normalized spacial score (nSPS) is 11.6. The molecule has 0 amide bonds. The van der Waals surface area contributed by atoms with Gasteiger partial charge in [-0.05, 0) is 24.8 Å². The molecule has 1 aromatic heterocycles. The van der Waals surface area contributed by atoms with Crippen molar-refractivity contribution in [1.29, 1.82) is 0 Å². The summed E-state index contributed by atoms with van der Waals surface area (Å²) in [4.78, 5) is 8.51. The molecule has 0 aliphatic carbocycles. The van der Waals surface area contributed by atoms with Crippen LogP contribution >= 0.6 is 0 Å². The van der Waals surface area contributed by atoms with Crippen LogP contribution in [0, 0.1) is 5.92 Å². The van der Waals surface area contributed by atoms with E-state index in [4.69, 9.17) is 9.47 Å². The third-order valence-electron chi connectivity index (χ3n) is 3.34. The van der Waals surface area contributed by atoms with E-state index in [0.29, 0.717) is 31.6 Å². The van der Waals surface area contributed by atoms with Crippen LogP contribution in [0.25, 0.3) is 0 Å². The summed E-state index contributed by atoms with van der Waals surface area (Å²) in [5, 5.41) is 6.52. The zero-order valence-corrected chi connectivity index (χ0v) is 15.5. The summed E-state index contributed by atoms with van der Waals surface area (Å²) >= 11 is 0. The molecule has 6 heteroatoms. The zero-order valence-electron chi connectivity index (χ0n) is 15.5. The van der Waals surface area contributed by atoms with Gasteiger partial charge in [-0.2, -0.15) is 0 Å². The largest absolute Gasteiger partial charge is 0.477 e.